The molecule has 0 saturated carbocycles. The molecule has 0 radical (unpaired) electrons. The van der Waals surface area contributed by atoms with Crippen molar-refractivity contribution in [2.45, 2.75) is 19.3 Å². The highest BCUT2D eigenvalue weighted by molar-refractivity contribution is 7.95. The van der Waals surface area contributed by atoms with E-state index >= 15 is 0 Å². The van der Waals surface area contributed by atoms with Gasteiger partial charge in [0.2, 0.25) is 0 Å². The van der Waals surface area contributed by atoms with E-state index in [1.807, 2.05) is 0 Å². The molecule has 1 heterocycles. The molecule has 0 atom stereocenters. The summed E-state index contributed by atoms with van der Waals surface area (Å²) >= 11 is 11.9. The number of hydrogen-bond donors (Lipinski definition) is 1. The molecule has 2 aromatic rings. The average molecular weight is 439 g/mol. The highest BCUT2D eigenvalue weighted by atomic mass is 35.5. The van der Waals surface area contributed by atoms with E-state index in [0.29, 0.717) is 28.7 Å². The van der Waals surface area contributed by atoms with Gasteiger partial charge in [0, 0.05) is 23.1 Å². The molecule has 1 saturated heterocycles. The van der Waals surface area contributed by atoms with Gasteiger partial charge in [-0.1, -0.05) is 35.3 Å². The molecule has 1 N–H and O–H groups in total. The molecule has 0 spiro atoms. The molecular formula is C20H20Cl2N2O3S. The number of likely N-dealkylation sites (tertiary alicyclic amines) is 1. The summed E-state index contributed by atoms with van der Waals surface area (Å²) in [5.41, 5.74) is 1.14. The number of rotatable bonds is 5. The van der Waals surface area contributed by atoms with Crippen LogP contribution in [-0.4, -0.2) is 32.3 Å². The SMILES string of the molecule is O=C(c1ccc(Cl)cc1NS(=O)(=O)C=Cc1ccc(Cl)cc1)N1CCCCC1. The largest absolute Gasteiger partial charge is 0.339 e. The van der Waals surface area contributed by atoms with Crippen molar-refractivity contribution in [2.75, 3.05) is 17.8 Å². The van der Waals surface area contributed by atoms with E-state index in [9.17, 15) is 13.2 Å². The van der Waals surface area contributed by atoms with Crippen LogP contribution in [0.15, 0.2) is 47.9 Å². The molecular weight excluding hydrogens is 419 g/mol. The number of carbonyl (C=O) groups excluding carboxylic acids is 1. The molecule has 2 aromatic carbocycles. The second-order valence-corrected chi connectivity index (χ2v) is 8.98. The van der Waals surface area contributed by atoms with Crippen LogP contribution in [0, 0.1) is 0 Å². The van der Waals surface area contributed by atoms with Crippen LogP contribution in [0.3, 0.4) is 0 Å². The molecule has 1 aliphatic rings. The van der Waals surface area contributed by atoms with Crippen molar-refractivity contribution in [3.05, 3.63) is 69.0 Å². The van der Waals surface area contributed by atoms with Crippen LogP contribution in [-0.2, 0) is 10.0 Å². The molecule has 0 aliphatic carbocycles. The third-order valence-electron chi connectivity index (χ3n) is 4.42. The summed E-state index contributed by atoms with van der Waals surface area (Å²) < 4.78 is 27.5. The van der Waals surface area contributed by atoms with E-state index in [-0.39, 0.29) is 17.2 Å². The van der Waals surface area contributed by atoms with Crippen LogP contribution in [0.2, 0.25) is 10.0 Å². The van der Waals surface area contributed by atoms with Gasteiger partial charge in [-0.3, -0.25) is 9.52 Å². The fourth-order valence-corrected chi connectivity index (χ4v) is 4.16. The maximum Gasteiger partial charge on any atom is 0.255 e. The lowest BCUT2D eigenvalue weighted by molar-refractivity contribution is 0.0725. The van der Waals surface area contributed by atoms with Gasteiger partial charge in [-0.2, -0.15) is 0 Å². The molecule has 1 aliphatic heterocycles. The number of carbonyl (C=O) groups is 1. The van der Waals surface area contributed by atoms with Crippen molar-refractivity contribution < 1.29 is 13.2 Å². The summed E-state index contributed by atoms with van der Waals surface area (Å²) in [5, 5.41) is 1.96. The Morgan fingerprint density at radius 3 is 2.29 bits per heavy atom. The Balaban J connectivity index is 1.83. The fraction of sp³-hybridized carbons (Fsp3) is 0.250. The average Bonchev–Trinajstić information content (AvgIpc) is 2.68. The maximum atomic E-state index is 12.8. The van der Waals surface area contributed by atoms with Gasteiger partial charge in [-0.05, 0) is 61.2 Å². The summed E-state index contributed by atoms with van der Waals surface area (Å²) in [6, 6.07) is 11.4. The van der Waals surface area contributed by atoms with Crippen molar-refractivity contribution >= 4 is 50.9 Å². The van der Waals surface area contributed by atoms with Gasteiger partial charge in [0.15, 0.2) is 0 Å². The number of halogens is 2. The predicted molar refractivity (Wildman–Crippen MR) is 114 cm³/mol. The second-order valence-electron chi connectivity index (χ2n) is 6.54. The molecule has 148 valence electrons. The maximum absolute atomic E-state index is 12.8. The van der Waals surface area contributed by atoms with Crippen LogP contribution in [0.25, 0.3) is 6.08 Å². The molecule has 0 aromatic heterocycles. The lowest BCUT2D eigenvalue weighted by Gasteiger charge is -2.27. The zero-order valence-electron chi connectivity index (χ0n) is 15.1. The number of benzene rings is 2. The summed E-state index contributed by atoms with van der Waals surface area (Å²) in [5.74, 6) is -0.198. The van der Waals surface area contributed by atoms with Crippen molar-refractivity contribution in [3.63, 3.8) is 0 Å². The van der Waals surface area contributed by atoms with Crippen LogP contribution < -0.4 is 4.72 Å². The quantitative estimate of drug-likeness (QED) is 0.711. The first-order valence-electron chi connectivity index (χ1n) is 8.89. The highest BCUT2D eigenvalue weighted by Gasteiger charge is 2.22. The molecule has 3 rings (SSSR count). The summed E-state index contributed by atoms with van der Waals surface area (Å²) in [4.78, 5) is 14.6. The monoisotopic (exact) mass is 438 g/mol. The minimum Gasteiger partial charge on any atom is -0.339 e. The van der Waals surface area contributed by atoms with Gasteiger partial charge >= 0.3 is 0 Å². The first kappa shape index (κ1) is 20.7. The predicted octanol–water partition coefficient (Wildman–Crippen LogP) is 5.03. The van der Waals surface area contributed by atoms with Crippen LogP contribution in [0.4, 0.5) is 5.69 Å². The van der Waals surface area contributed by atoms with E-state index in [1.54, 1.807) is 41.3 Å². The molecule has 5 nitrogen and oxygen atoms in total. The molecule has 0 unspecified atom stereocenters. The van der Waals surface area contributed by atoms with Crippen LogP contribution in [0.1, 0.15) is 35.2 Å². The Morgan fingerprint density at radius 2 is 1.61 bits per heavy atom. The van der Waals surface area contributed by atoms with Crippen LogP contribution >= 0.6 is 23.2 Å². The minimum absolute atomic E-state index is 0.170. The molecule has 8 heteroatoms. The highest BCUT2D eigenvalue weighted by Crippen LogP contribution is 2.25. The van der Waals surface area contributed by atoms with Gasteiger partial charge in [-0.15, -0.1) is 0 Å². The topological polar surface area (TPSA) is 66.5 Å². The Morgan fingerprint density at radius 1 is 0.964 bits per heavy atom. The number of nitrogens with one attached hydrogen (secondary N) is 1. The van der Waals surface area contributed by atoms with Gasteiger partial charge < -0.3 is 4.90 Å². The smallest absolute Gasteiger partial charge is 0.255 e. The Hall–Kier alpha value is -2.02. The minimum atomic E-state index is -3.84. The van der Waals surface area contributed by atoms with E-state index in [0.717, 1.165) is 24.7 Å². The second kappa shape index (κ2) is 8.99. The fourth-order valence-electron chi connectivity index (χ4n) is 2.98. The van der Waals surface area contributed by atoms with Crippen molar-refractivity contribution in [3.8, 4) is 0 Å². The Kier molecular flexibility index (Phi) is 6.65. The molecule has 28 heavy (non-hydrogen) atoms. The molecule has 1 fully saturated rings. The first-order valence-corrected chi connectivity index (χ1v) is 11.2. The normalized spacial score (nSPS) is 15.0. The number of nitrogens with zero attached hydrogens (tertiary/aromatic N) is 1. The molecule has 0 bridgehead atoms. The third-order valence-corrected chi connectivity index (χ3v) is 5.90. The summed E-state index contributed by atoms with van der Waals surface area (Å²) in [6.45, 7) is 1.34. The van der Waals surface area contributed by atoms with E-state index < -0.39 is 10.0 Å². The third kappa shape index (κ3) is 5.50. The zero-order valence-corrected chi connectivity index (χ0v) is 17.4. The zero-order chi connectivity index (χ0) is 20.1. The van der Waals surface area contributed by atoms with Crippen molar-refractivity contribution in [1.82, 2.24) is 4.90 Å². The summed E-state index contributed by atoms with van der Waals surface area (Å²) in [7, 11) is -3.84. The number of sulfonamides is 1. The van der Waals surface area contributed by atoms with Gasteiger partial charge in [0.1, 0.15) is 0 Å². The number of piperidine rings is 1. The first-order chi connectivity index (χ1) is 13.3. The number of anilines is 1. The van der Waals surface area contributed by atoms with E-state index in [2.05, 4.69) is 4.72 Å². The lowest BCUT2D eigenvalue weighted by Crippen LogP contribution is -2.36. The van der Waals surface area contributed by atoms with E-state index in [1.165, 1.54) is 12.1 Å². The number of amides is 1. The van der Waals surface area contributed by atoms with E-state index in [4.69, 9.17) is 23.2 Å². The number of hydrogen-bond acceptors (Lipinski definition) is 3. The van der Waals surface area contributed by atoms with Crippen molar-refractivity contribution in [2.24, 2.45) is 0 Å². The van der Waals surface area contributed by atoms with Gasteiger partial charge in [0.25, 0.3) is 15.9 Å². The lowest BCUT2D eigenvalue weighted by atomic mass is 10.1. The van der Waals surface area contributed by atoms with Gasteiger partial charge in [-0.25, -0.2) is 8.42 Å². The standard InChI is InChI=1S/C20H20Cl2N2O3S/c21-16-6-4-15(5-7-16)10-13-28(26,27)23-19-14-17(22)8-9-18(19)20(25)24-11-2-1-3-12-24/h4-10,13-14,23H,1-3,11-12H2. The summed E-state index contributed by atoms with van der Waals surface area (Å²) in [6.07, 6.45) is 4.45. The van der Waals surface area contributed by atoms with Gasteiger partial charge in [0.05, 0.1) is 16.7 Å². The Labute approximate surface area is 175 Å². The molecule has 1 amide bonds. The Bertz CT molecular complexity index is 983. The van der Waals surface area contributed by atoms with Crippen molar-refractivity contribution in [1.29, 1.82) is 0 Å². The van der Waals surface area contributed by atoms with Crippen LogP contribution in [0.5, 0.6) is 0 Å².